The van der Waals surface area contributed by atoms with Gasteiger partial charge in [0.25, 0.3) is 11.8 Å². The Balaban J connectivity index is 1.91. The largest absolute Gasteiger partial charge is 0.485 e. The van der Waals surface area contributed by atoms with Crippen molar-refractivity contribution in [3.63, 3.8) is 0 Å². The molecular formula is C31H33N3O6. The fourth-order valence-corrected chi connectivity index (χ4v) is 3.57. The van der Waals surface area contributed by atoms with Crippen LogP contribution in [0.25, 0.3) is 0 Å². The highest BCUT2D eigenvalue weighted by Gasteiger charge is 2.24. The van der Waals surface area contributed by atoms with Gasteiger partial charge in [0.1, 0.15) is 13.2 Å². The Morgan fingerprint density at radius 3 is 2.00 bits per heavy atom. The van der Waals surface area contributed by atoms with Gasteiger partial charge in [-0.05, 0) is 74.5 Å². The summed E-state index contributed by atoms with van der Waals surface area (Å²) in [4.78, 5) is 38.4. The van der Waals surface area contributed by atoms with Gasteiger partial charge in [-0.3, -0.25) is 9.59 Å². The molecule has 3 aromatic carbocycles. The lowest BCUT2D eigenvalue weighted by molar-refractivity contribution is 0.0549. The Hall–Kier alpha value is -5.05. The first-order chi connectivity index (χ1) is 19.3. The molecule has 9 heteroatoms. The van der Waals surface area contributed by atoms with Crippen molar-refractivity contribution in [1.82, 2.24) is 0 Å². The van der Waals surface area contributed by atoms with E-state index in [2.05, 4.69) is 29.1 Å². The SMILES string of the molecule is C=CCOC(=O)c1ccc(NC(=O)c2ccc(NC(=O)c3ccc(NC)cc3)c(OC(C)C)c2OCC=C)cc1. The van der Waals surface area contributed by atoms with Crippen LogP contribution < -0.4 is 25.4 Å². The Bertz CT molecular complexity index is 1370. The summed E-state index contributed by atoms with van der Waals surface area (Å²) < 4.78 is 17.0. The zero-order chi connectivity index (χ0) is 29.1. The zero-order valence-electron chi connectivity index (χ0n) is 22.8. The van der Waals surface area contributed by atoms with Gasteiger partial charge in [-0.2, -0.15) is 0 Å². The fraction of sp³-hybridized carbons (Fsp3) is 0.194. The van der Waals surface area contributed by atoms with E-state index in [4.69, 9.17) is 14.2 Å². The van der Waals surface area contributed by atoms with E-state index < -0.39 is 11.9 Å². The molecule has 0 aliphatic rings. The van der Waals surface area contributed by atoms with Crippen molar-refractivity contribution in [3.05, 3.63) is 103 Å². The van der Waals surface area contributed by atoms with Gasteiger partial charge in [-0.15, -0.1) is 0 Å². The van der Waals surface area contributed by atoms with Gasteiger partial charge in [-0.25, -0.2) is 4.79 Å². The van der Waals surface area contributed by atoms with Crippen molar-refractivity contribution in [2.45, 2.75) is 20.0 Å². The molecule has 0 aliphatic carbocycles. The van der Waals surface area contributed by atoms with Crippen LogP contribution in [0.1, 0.15) is 44.9 Å². The smallest absolute Gasteiger partial charge is 0.338 e. The molecule has 0 saturated heterocycles. The lowest BCUT2D eigenvalue weighted by Crippen LogP contribution is -2.18. The van der Waals surface area contributed by atoms with Crippen LogP contribution >= 0.6 is 0 Å². The number of ether oxygens (including phenoxy) is 3. The first-order valence-corrected chi connectivity index (χ1v) is 12.6. The molecule has 40 heavy (non-hydrogen) atoms. The second-order valence-corrected chi connectivity index (χ2v) is 8.79. The third kappa shape index (κ3) is 7.73. The van der Waals surface area contributed by atoms with Crippen LogP contribution in [0.4, 0.5) is 17.1 Å². The Kier molecular flexibility index (Phi) is 10.5. The van der Waals surface area contributed by atoms with Crippen molar-refractivity contribution < 1.29 is 28.6 Å². The quantitative estimate of drug-likeness (QED) is 0.181. The Labute approximate surface area is 233 Å². The standard InChI is InChI=1S/C31H33N3O6/c1-6-18-38-27-25(30(36)33-24-14-10-22(11-15-24)31(37)39-19-7-2)16-17-26(28(27)40-20(3)4)34-29(35)21-8-12-23(32-5)13-9-21/h6-17,20,32H,1-2,18-19H2,3-5H3,(H,33,36)(H,34,35). The van der Waals surface area contributed by atoms with Crippen LogP contribution in [-0.4, -0.2) is 44.1 Å². The molecule has 2 amide bonds. The number of anilines is 3. The summed E-state index contributed by atoms with van der Waals surface area (Å²) >= 11 is 0. The van der Waals surface area contributed by atoms with Gasteiger partial charge >= 0.3 is 5.97 Å². The maximum atomic E-state index is 13.3. The third-order valence-electron chi connectivity index (χ3n) is 5.45. The van der Waals surface area contributed by atoms with Gasteiger partial charge in [0.15, 0.2) is 11.5 Å². The number of carbonyl (C=O) groups is 3. The van der Waals surface area contributed by atoms with Crippen LogP contribution in [0.3, 0.4) is 0 Å². The molecule has 0 spiro atoms. The molecule has 208 valence electrons. The summed E-state index contributed by atoms with van der Waals surface area (Å²) in [6.45, 7) is 11.1. The van der Waals surface area contributed by atoms with E-state index >= 15 is 0 Å². The number of hydrogen-bond acceptors (Lipinski definition) is 7. The number of nitrogens with one attached hydrogen (secondary N) is 3. The molecule has 0 fully saturated rings. The molecule has 0 saturated carbocycles. The molecule has 0 aliphatic heterocycles. The summed E-state index contributed by atoms with van der Waals surface area (Å²) in [7, 11) is 1.80. The van der Waals surface area contributed by atoms with Crippen LogP contribution in [-0.2, 0) is 4.74 Å². The number of hydrogen-bond donors (Lipinski definition) is 3. The number of benzene rings is 3. The molecule has 3 rings (SSSR count). The molecule has 0 aromatic heterocycles. The first-order valence-electron chi connectivity index (χ1n) is 12.6. The highest BCUT2D eigenvalue weighted by atomic mass is 16.5. The Morgan fingerprint density at radius 2 is 1.40 bits per heavy atom. The lowest BCUT2D eigenvalue weighted by Gasteiger charge is -2.21. The molecule has 0 radical (unpaired) electrons. The summed E-state index contributed by atoms with van der Waals surface area (Å²) in [6.07, 6.45) is 2.73. The number of esters is 1. The van der Waals surface area contributed by atoms with Crippen LogP contribution in [0.5, 0.6) is 11.5 Å². The number of carbonyl (C=O) groups excluding carboxylic acids is 3. The molecule has 0 unspecified atom stereocenters. The molecule has 0 heterocycles. The summed E-state index contributed by atoms with van der Waals surface area (Å²) in [5.41, 5.74) is 2.63. The van der Waals surface area contributed by atoms with E-state index in [1.54, 1.807) is 73.8 Å². The molecule has 3 aromatic rings. The van der Waals surface area contributed by atoms with Gasteiger partial charge in [0, 0.05) is 24.0 Å². The number of rotatable bonds is 13. The minimum absolute atomic E-state index is 0.0964. The molecule has 9 nitrogen and oxygen atoms in total. The average molecular weight is 544 g/mol. The molecular weight excluding hydrogens is 510 g/mol. The van der Waals surface area contributed by atoms with Gasteiger partial charge in [-0.1, -0.05) is 25.3 Å². The maximum Gasteiger partial charge on any atom is 0.338 e. The Morgan fingerprint density at radius 1 is 0.775 bits per heavy atom. The average Bonchev–Trinajstić information content (AvgIpc) is 2.96. The topological polar surface area (TPSA) is 115 Å². The monoisotopic (exact) mass is 543 g/mol. The summed E-state index contributed by atoms with van der Waals surface area (Å²) in [5, 5.41) is 8.67. The van der Waals surface area contributed by atoms with Crippen molar-refractivity contribution in [2.75, 3.05) is 36.2 Å². The van der Waals surface area contributed by atoms with E-state index in [0.717, 1.165) is 5.69 Å². The summed E-state index contributed by atoms with van der Waals surface area (Å²) in [6, 6.07) is 16.4. The van der Waals surface area contributed by atoms with E-state index in [9.17, 15) is 14.4 Å². The maximum absolute atomic E-state index is 13.3. The highest BCUT2D eigenvalue weighted by molar-refractivity contribution is 6.09. The minimum Gasteiger partial charge on any atom is -0.485 e. The fourth-order valence-electron chi connectivity index (χ4n) is 3.57. The molecule has 0 bridgehead atoms. The van der Waals surface area contributed by atoms with Crippen LogP contribution in [0, 0.1) is 0 Å². The zero-order valence-corrected chi connectivity index (χ0v) is 22.8. The highest BCUT2D eigenvalue weighted by Crippen LogP contribution is 2.40. The van der Waals surface area contributed by atoms with Crippen molar-refractivity contribution >= 4 is 34.8 Å². The van der Waals surface area contributed by atoms with Gasteiger partial charge < -0.3 is 30.2 Å². The third-order valence-corrected chi connectivity index (χ3v) is 5.45. The predicted molar refractivity (Wildman–Crippen MR) is 157 cm³/mol. The summed E-state index contributed by atoms with van der Waals surface area (Å²) in [5.74, 6) is -0.960. The minimum atomic E-state index is -0.496. The second-order valence-electron chi connectivity index (χ2n) is 8.79. The van der Waals surface area contributed by atoms with Crippen LogP contribution in [0.15, 0.2) is 86.0 Å². The lowest BCUT2D eigenvalue weighted by atomic mass is 10.1. The molecule has 3 N–H and O–H groups in total. The predicted octanol–water partition coefficient (Wildman–Crippen LogP) is 5.93. The normalized spacial score (nSPS) is 10.3. The van der Waals surface area contributed by atoms with Crippen LogP contribution in [0.2, 0.25) is 0 Å². The van der Waals surface area contributed by atoms with E-state index in [0.29, 0.717) is 22.5 Å². The van der Waals surface area contributed by atoms with Gasteiger partial charge in [0.2, 0.25) is 0 Å². The van der Waals surface area contributed by atoms with E-state index in [-0.39, 0.29) is 42.3 Å². The van der Waals surface area contributed by atoms with Crippen molar-refractivity contribution in [3.8, 4) is 11.5 Å². The second kappa shape index (κ2) is 14.2. The number of amides is 2. The molecule has 0 atom stereocenters. The van der Waals surface area contributed by atoms with Crippen molar-refractivity contribution in [2.24, 2.45) is 0 Å². The first kappa shape index (κ1) is 29.5. The van der Waals surface area contributed by atoms with E-state index in [1.807, 2.05) is 13.8 Å². The van der Waals surface area contributed by atoms with E-state index in [1.165, 1.54) is 6.08 Å². The van der Waals surface area contributed by atoms with Crippen molar-refractivity contribution in [1.29, 1.82) is 0 Å². The van der Waals surface area contributed by atoms with Gasteiger partial charge in [0.05, 0.1) is 22.9 Å².